The molecule has 2 aromatic carbocycles. The summed E-state index contributed by atoms with van der Waals surface area (Å²) in [6.45, 7) is 0. The molecule has 0 spiro atoms. The van der Waals surface area contributed by atoms with E-state index in [9.17, 15) is 0 Å². The second kappa shape index (κ2) is 5.85. The number of aromatic nitrogens is 6. The molecule has 0 bridgehead atoms. The average Bonchev–Trinajstić information content (AvgIpc) is 3.06. The van der Waals surface area contributed by atoms with Crippen LogP contribution in [0.25, 0.3) is 33.1 Å². The predicted molar refractivity (Wildman–Crippen MR) is 99.9 cm³/mol. The summed E-state index contributed by atoms with van der Waals surface area (Å²) in [6, 6.07) is 13.6. The number of hydrazone groups is 1. The maximum Gasteiger partial charge on any atom is 0.265 e. The minimum absolute atomic E-state index is 0.312. The van der Waals surface area contributed by atoms with Gasteiger partial charge in [-0.2, -0.15) is 10.1 Å². The topological polar surface area (TPSA) is 105 Å². The lowest BCUT2D eigenvalue weighted by atomic mass is 10.2. The molecule has 3 heterocycles. The van der Waals surface area contributed by atoms with Gasteiger partial charge in [-0.1, -0.05) is 30.3 Å². The Balaban J connectivity index is 1.45. The normalized spacial score (nSPS) is 11.7. The molecule has 8 heteroatoms. The highest BCUT2D eigenvalue weighted by Gasteiger charge is 2.08. The Morgan fingerprint density at radius 1 is 0.923 bits per heavy atom. The Kier molecular flexibility index (Phi) is 3.24. The van der Waals surface area contributed by atoms with Gasteiger partial charge < -0.3 is 4.98 Å². The quantitative estimate of drug-likeness (QED) is 0.386. The lowest BCUT2D eigenvalue weighted by molar-refractivity contribution is 1.01. The zero-order chi connectivity index (χ0) is 17.3. The Hall–Kier alpha value is -3.94. The number of benzene rings is 2. The van der Waals surface area contributed by atoms with Gasteiger partial charge >= 0.3 is 0 Å². The van der Waals surface area contributed by atoms with Crippen LogP contribution in [0.1, 0.15) is 5.56 Å². The second-order valence-corrected chi connectivity index (χ2v) is 5.64. The van der Waals surface area contributed by atoms with E-state index >= 15 is 0 Å². The average molecular weight is 340 g/mol. The standard InChI is InChI=1S/C18H12N8/c1-2-6-13-12(5-1)16-17(22-13)23-18(26-24-16)25-21-10-11-4-3-7-14-15(11)20-9-8-19-14/h1-10H,(H2,22,23,25,26)/b21-10-. The summed E-state index contributed by atoms with van der Waals surface area (Å²) in [5.41, 5.74) is 7.63. The molecule has 26 heavy (non-hydrogen) atoms. The van der Waals surface area contributed by atoms with Crippen LogP contribution in [0.4, 0.5) is 5.95 Å². The Morgan fingerprint density at radius 2 is 1.85 bits per heavy atom. The van der Waals surface area contributed by atoms with Gasteiger partial charge in [0, 0.05) is 28.9 Å². The van der Waals surface area contributed by atoms with Crippen LogP contribution in [0, 0.1) is 0 Å². The summed E-state index contributed by atoms with van der Waals surface area (Å²) in [7, 11) is 0. The molecule has 0 amide bonds. The fourth-order valence-corrected chi connectivity index (χ4v) is 2.85. The van der Waals surface area contributed by atoms with Crippen molar-refractivity contribution in [2.75, 3.05) is 5.43 Å². The van der Waals surface area contributed by atoms with Gasteiger partial charge in [0.2, 0.25) is 0 Å². The largest absolute Gasteiger partial charge is 0.338 e. The van der Waals surface area contributed by atoms with Gasteiger partial charge in [-0.25, -0.2) is 5.43 Å². The van der Waals surface area contributed by atoms with Gasteiger partial charge in [0.05, 0.1) is 17.2 Å². The molecular weight excluding hydrogens is 328 g/mol. The van der Waals surface area contributed by atoms with E-state index in [-0.39, 0.29) is 0 Å². The monoisotopic (exact) mass is 340 g/mol. The molecule has 0 aliphatic carbocycles. The number of aromatic amines is 1. The van der Waals surface area contributed by atoms with Gasteiger partial charge in [-0.3, -0.25) is 9.97 Å². The molecule has 124 valence electrons. The lowest BCUT2D eigenvalue weighted by Gasteiger charge is -2.00. The van der Waals surface area contributed by atoms with Gasteiger partial charge in [-0.15, -0.1) is 10.2 Å². The first kappa shape index (κ1) is 14.4. The minimum atomic E-state index is 0.312. The molecule has 0 radical (unpaired) electrons. The van der Waals surface area contributed by atoms with E-state index in [2.05, 4.69) is 40.7 Å². The number of rotatable bonds is 3. The van der Waals surface area contributed by atoms with Crippen LogP contribution >= 0.6 is 0 Å². The zero-order valence-electron chi connectivity index (χ0n) is 13.5. The van der Waals surface area contributed by atoms with Gasteiger partial charge in [0.25, 0.3) is 5.95 Å². The summed E-state index contributed by atoms with van der Waals surface area (Å²) in [4.78, 5) is 16.3. The summed E-state index contributed by atoms with van der Waals surface area (Å²) >= 11 is 0. The molecule has 0 saturated heterocycles. The first-order chi connectivity index (χ1) is 12.9. The summed E-state index contributed by atoms with van der Waals surface area (Å²) < 4.78 is 0. The first-order valence-corrected chi connectivity index (χ1v) is 7.98. The number of para-hydroxylation sites is 2. The number of hydrogen-bond donors (Lipinski definition) is 2. The highest BCUT2D eigenvalue weighted by molar-refractivity contribution is 6.03. The van der Waals surface area contributed by atoms with Crippen LogP contribution in [0.5, 0.6) is 0 Å². The summed E-state index contributed by atoms with van der Waals surface area (Å²) in [6.07, 6.45) is 4.98. The predicted octanol–water partition coefficient (Wildman–Crippen LogP) is 2.90. The molecule has 2 N–H and O–H groups in total. The SMILES string of the molecule is C(=N/Nc1nnc2c(n1)[nH]c1ccccc12)/c1cccc2nccnc12. The smallest absolute Gasteiger partial charge is 0.265 e. The van der Waals surface area contributed by atoms with E-state index in [1.165, 1.54) is 0 Å². The van der Waals surface area contributed by atoms with Crippen molar-refractivity contribution in [3.63, 3.8) is 0 Å². The van der Waals surface area contributed by atoms with E-state index in [0.717, 1.165) is 33.0 Å². The number of hydrogen-bond acceptors (Lipinski definition) is 7. The van der Waals surface area contributed by atoms with Gasteiger partial charge in [0.1, 0.15) is 5.52 Å². The Bertz CT molecular complexity index is 1270. The maximum absolute atomic E-state index is 4.42. The van der Waals surface area contributed by atoms with Crippen LogP contribution in [0.3, 0.4) is 0 Å². The number of anilines is 1. The third-order valence-corrected chi connectivity index (χ3v) is 4.02. The number of H-pyrrole nitrogens is 1. The zero-order valence-corrected chi connectivity index (χ0v) is 13.5. The van der Waals surface area contributed by atoms with Crippen molar-refractivity contribution in [2.24, 2.45) is 5.10 Å². The van der Waals surface area contributed by atoms with Crippen molar-refractivity contribution in [3.8, 4) is 0 Å². The molecule has 0 fully saturated rings. The van der Waals surface area contributed by atoms with E-state index in [1.54, 1.807) is 18.6 Å². The van der Waals surface area contributed by atoms with Crippen molar-refractivity contribution in [3.05, 3.63) is 60.4 Å². The number of fused-ring (bicyclic) bond motifs is 4. The van der Waals surface area contributed by atoms with E-state index in [0.29, 0.717) is 11.6 Å². The van der Waals surface area contributed by atoms with Crippen LogP contribution in [0.2, 0.25) is 0 Å². The van der Waals surface area contributed by atoms with Crippen LogP contribution < -0.4 is 5.43 Å². The minimum Gasteiger partial charge on any atom is -0.338 e. The molecule has 0 aliphatic rings. The Labute approximate surface area is 147 Å². The molecule has 0 aliphatic heterocycles. The third-order valence-electron chi connectivity index (χ3n) is 4.02. The van der Waals surface area contributed by atoms with E-state index in [1.807, 2.05) is 42.5 Å². The molecule has 0 atom stereocenters. The van der Waals surface area contributed by atoms with E-state index < -0.39 is 0 Å². The summed E-state index contributed by atoms with van der Waals surface area (Å²) in [5, 5.41) is 13.5. The molecular formula is C18H12N8. The van der Waals surface area contributed by atoms with Crippen molar-refractivity contribution < 1.29 is 0 Å². The molecule has 8 nitrogen and oxygen atoms in total. The molecule has 3 aromatic heterocycles. The van der Waals surface area contributed by atoms with Crippen LogP contribution in [0.15, 0.2) is 60.0 Å². The number of nitrogens with zero attached hydrogens (tertiary/aromatic N) is 6. The van der Waals surface area contributed by atoms with Gasteiger partial charge in [0.15, 0.2) is 5.65 Å². The highest BCUT2D eigenvalue weighted by Crippen LogP contribution is 2.21. The van der Waals surface area contributed by atoms with Crippen LogP contribution in [-0.2, 0) is 0 Å². The fourth-order valence-electron chi connectivity index (χ4n) is 2.85. The second-order valence-electron chi connectivity index (χ2n) is 5.64. The Morgan fingerprint density at radius 3 is 2.85 bits per heavy atom. The fraction of sp³-hybridized carbons (Fsp3) is 0. The number of nitrogens with one attached hydrogen (secondary N) is 2. The van der Waals surface area contributed by atoms with Crippen molar-refractivity contribution in [2.45, 2.75) is 0 Å². The molecule has 5 aromatic rings. The van der Waals surface area contributed by atoms with Crippen molar-refractivity contribution in [1.29, 1.82) is 0 Å². The first-order valence-electron chi connectivity index (χ1n) is 7.98. The van der Waals surface area contributed by atoms with Crippen molar-refractivity contribution in [1.82, 2.24) is 30.1 Å². The highest BCUT2D eigenvalue weighted by atomic mass is 15.4. The molecule has 0 unspecified atom stereocenters. The lowest BCUT2D eigenvalue weighted by Crippen LogP contribution is -1.99. The van der Waals surface area contributed by atoms with Crippen LogP contribution in [-0.4, -0.2) is 36.3 Å². The molecule has 0 saturated carbocycles. The maximum atomic E-state index is 4.42. The third kappa shape index (κ3) is 2.40. The molecule has 5 rings (SSSR count). The van der Waals surface area contributed by atoms with E-state index in [4.69, 9.17) is 0 Å². The van der Waals surface area contributed by atoms with Gasteiger partial charge in [-0.05, 0) is 12.1 Å². The van der Waals surface area contributed by atoms with Crippen molar-refractivity contribution >= 4 is 45.3 Å². The summed E-state index contributed by atoms with van der Waals surface area (Å²) in [5.74, 6) is 0.312.